The van der Waals surface area contributed by atoms with E-state index in [1.807, 2.05) is 0 Å². The molecule has 0 saturated heterocycles. The number of ketones is 1. The number of carbonyl (C=O) groups excluding carboxylic acids is 1. The SMILES string of the molecule is CC1=[N+](c2cccc(C(F)(F)F)c2)c2ccccc2/C1=C1\C(=O)C(c2c(C)n(-c3cc(C(F)(F)F)cc(C(F)(F)F)c3)c3ccccc23)=C1O. The molecule has 0 unspecified atom stereocenters. The number of hydrogen-bond donors (Lipinski definition) is 1. The molecule has 0 amide bonds. The van der Waals surface area contributed by atoms with Crippen molar-refractivity contribution in [3.8, 4) is 5.69 Å². The second kappa shape index (κ2) is 11.0. The highest BCUT2D eigenvalue weighted by Gasteiger charge is 2.46. The summed E-state index contributed by atoms with van der Waals surface area (Å²) in [6, 6.07) is 18.5. The molecule has 2 heterocycles. The van der Waals surface area contributed by atoms with Crippen molar-refractivity contribution in [3.63, 3.8) is 0 Å². The van der Waals surface area contributed by atoms with Gasteiger partial charge in [0.25, 0.3) is 0 Å². The quantitative estimate of drug-likeness (QED) is 0.116. The molecule has 0 spiro atoms. The van der Waals surface area contributed by atoms with Gasteiger partial charge in [0.2, 0.25) is 17.2 Å². The number of allylic oxidation sites excluding steroid dienone is 3. The van der Waals surface area contributed by atoms with E-state index in [2.05, 4.69) is 0 Å². The number of aliphatic hydroxyl groups excluding tert-OH is 1. The molecule has 1 aliphatic carbocycles. The predicted octanol–water partition coefficient (Wildman–Crippen LogP) is 10.6. The van der Waals surface area contributed by atoms with Crippen molar-refractivity contribution in [1.82, 2.24) is 9.14 Å². The first-order chi connectivity index (χ1) is 23.4. The molecule has 4 nitrogen and oxygen atoms in total. The lowest BCUT2D eigenvalue weighted by Gasteiger charge is -2.23. The van der Waals surface area contributed by atoms with Gasteiger partial charge < -0.3 is 9.67 Å². The fraction of sp³-hybridized carbons (Fsp3) is 0.135. The van der Waals surface area contributed by atoms with Crippen molar-refractivity contribution in [2.45, 2.75) is 32.4 Å². The van der Waals surface area contributed by atoms with E-state index in [1.165, 1.54) is 46.4 Å². The van der Waals surface area contributed by atoms with Gasteiger partial charge in [-0.25, -0.2) is 0 Å². The zero-order valence-electron chi connectivity index (χ0n) is 25.8. The van der Waals surface area contributed by atoms with Gasteiger partial charge in [0, 0.05) is 47.5 Å². The number of fused-ring (bicyclic) bond motifs is 2. The van der Waals surface area contributed by atoms with Crippen molar-refractivity contribution < 1.29 is 49.4 Å². The zero-order valence-corrected chi connectivity index (χ0v) is 25.8. The number of aliphatic hydroxyl groups is 1. The molecule has 0 radical (unpaired) electrons. The number of halogens is 9. The minimum atomic E-state index is -5.10. The van der Waals surface area contributed by atoms with Crippen molar-refractivity contribution in [3.05, 3.63) is 136 Å². The van der Waals surface area contributed by atoms with Crippen LogP contribution in [-0.2, 0) is 23.3 Å². The Kier molecular flexibility index (Phi) is 7.22. The fourth-order valence-electron chi connectivity index (χ4n) is 6.79. The molecule has 7 rings (SSSR count). The van der Waals surface area contributed by atoms with Gasteiger partial charge in [-0.15, -0.1) is 0 Å². The van der Waals surface area contributed by atoms with Crippen LogP contribution in [0.4, 0.5) is 50.9 Å². The molecule has 1 aliphatic heterocycles. The Morgan fingerprint density at radius 1 is 0.640 bits per heavy atom. The van der Waals surface area contributed by atoms with Crippen LogP contribution in [0.15, 0.2) is 102 Å². The maximum absolute atomic E-state index is 14.1. The first kappa shape index (κ1) is 32.9. The Morgan fingerprint density at radius 3 is 1.86 bits per heavy atom. The van der Waals surface area contributed by atoms with E-state index >= 15 is 0 Å². The summed E-state index contributed by atoms with van der Waals surface area (Å²) in [5.74, 6) is -1.14. The van der Waals surface area contributed by atoms with E-state index in [-0.39, 0.29) is 50.6 Å². The van der Waals surface area contributed by atoms with Gasteiger partial charge in [-0.2, -0.15) is 44.1 Å². The topological polar surface area (TPSA) is 45.2 Å². The van der Waals surface area contributed by atoms with Crippen molar-refractivity contribution in [2.24, 2.45) is 0 Å². The van der Waals surface area contributed by atoms with E-state index in [9.17, 15) is 49.4 Å². The standard InChI is InChI=1S/C37H21F9N2O2/c1-18-29(25-10-3-5-12-27(25)47(18)23-9-7-8-20(15-23)35(38,39)40)31-33(49)32(34(31)50)30-19(2)48(28-13-6-4-11-26(28)30)24-16-21(36(41,42)43)14-22(17-24)37(44,45)46/h3-17H,1-2H3/p+1. The third-order valence-electron chi connectivity index (χ3n) is 8.91. The Morgan fingerprint density at radius 2 is 1.24 bits per heavy atom. The largest absolute Gasteiger partial charge is 0.506 e. The van der Waals surface area contributed by atoms with E-state index in [0.717, 1.165) is 12.1 Å². The van der Waals surface area contributed by atoms with Crippen LogP contribution in [-0.4, -0.2) is 21.2 Å². The fourth-order valence-corrected chi connectivity index (χ4v) is 6.79. The van der Waals surface area contributed by atoms with Crippen molar-refractivity contribution in [1.29, 1.82) is 0 Å². The zero-order chi connectivity index (χ0) is 36.1. The summed E-state index contributed by atoms with van der Waals surface area (Å²) >= 11 is 0. The molecule has 0 fully saturated rings. The van der Waals surface area contributed by atoms with Crippen LogP contribution in [0.2, 0.25) is 0 Å². The number of carbonyl (C=O) groups is 1. The van der Waals surface area contributed by atoms with Gasteiger partial charge in [-0.05, 0) is 43.3 Å². The summed E-state index contributed by atoms with van der Waals surface area (Å²) < 4.78 is 126. The number of para-hydroxylation sites is 2. The van der Waals surface area contributed by atoms with Crippen LogP contribution in [0.1, 0.15) is 40.4 Å². The molecule has 50 heavy (non-hydrogen) atoms. The molecule has 5 aromatic rings. The average Bonchev–Trinajstić information content (AvgIpc) is 3.50. The molecule has 4 aromatic carbocycles. The number of hydrogen-bond acceptors (Lipinski definition) is 2. The van der Waals surface area contributed by atoms with Crippen LogP contribution in [0, 0.1) is 6.92 Å². The van der Waals surface area contributed by atoms with Crippen LogP contribution < -0.4 is 4.58 Å². The Balaban J connectivity index is 1.45. The molecule has 1 N–H and O–H groups in total. The number of Topliss-reactive ketones (excluding diaryl/α,β-unsaturated/α-hetero) is 1. The molecule has 254 valence electrons. The van der Waals surface area contributed by atoms with Gasteiger partial charge in [0.05, 0.1) is 44.5 Å². The third-order valence-corrected chi connectivity index (χ3v) is 8.91. The van der Waals surface area contributed by atoms with Gasteiger partial charge in [0.15, 0.2) is 5.71 Å². The first-order valence-corrected chi connectivity index (χ1v) is 14.9. The van der Waals surface area contributed by atoms with E-state index < -0.39 is 52.4 Å². The predicted molar refractivity (Wildman–Crippen MR) is 170 cm³/mol. The Labute approximate surface area is 277 Å². The summed E-state index contributed by atoms with van der Waals surface area (Å²) in [6.45, 7) is 3.00. The Hall–Kier alpha value is -5.59. The summed E-state index contributed by atoms with van der Waals surface area (Å²) in [5.41, 5.74) is -2.65. The third kappa shape index (κ3) is 5.02. The van der Waals surface area contributed by atoms with Crippen LogP contribution >= 0.6 is 0 Å². The van der Waals surface area contributed by atoms with Crippen molar-refractivity contribution in [2.75, 3.05) is 0 Å². The lowest BCUT2D eigenvalue weighted by molar-refractivity contribution is -0.143. The maximum Gasteiger partial charge on any atom is 0.416 e. The lowest BCUT2D eigenvalue weighted by Crippen LogP contribution is -2.25. The summed E-state index contributed by atoms with van der Waals surface area (Å²) in [4.78, 5) is 14.1. The number of alkyl halides is 9. The number of aromatic nitrogens is 1. The van der Waals surface area contributed by atoms with Gasteiger partial charge in [0.1, 0.15) is 5.76 Å². The highest BCUT2D eigenvalue weighted by atomic mass is 19.4. The minimum Gasteiger partial charge on any atom is -0.506 e. The monoisotopic (exact) mass is 697 g/mol. The summed E-state index contributed by atoms with van der Waals surface area (Å²) in [6.07, 6.45) is -14.8. The molecule has 13 heteroatoms. The van der Waals surface area contributed by atoms with Crippen LogP contribution in [0.25, 0.3) is 27.7 Å². The van der Waals surface area contributed by atoms with E-state index in [0.29, 0.717) is 29.1 Å². The highest BCUT2D eigenvalue weighted by molar-refractivity contribution is 6.48. The molecule has 0 atom stereocenters. The molecular weight excluding hydrogens is 675 g/mol. The van der Waals surface area contributed by atoms with E-state index in [1.54, 1.807) is 37.3 Å². The Bertz CT molecular complexity index is 2350. The second-order valence-electron chi connectivity index (χ2n) is 11.9. The van der Waals surface area contributed by atoms with E-state index in [4.69, 9.17) is 0 Å². The van der Waals surface area contributed by atoms with Crippen molar-refractivity contribution >= 4 is 44.9 Å². The summed E-state index contributed by atoms with van der Waals surface area (Å²) in [5, 5.41) is 11.9. The van der Waals surface area contributed by atoms with Gasteiger partial charge in [-0.3, -0.25) is 4.79 Å². The van der Waals surface area contributed by atoms with Crippen LogP contribution in [0.3, 0.4) is 0 Å². The number of nitrogens with zero attached hydrogens (tertiary/aromatic N) is 2. The first-order valence-electron chi connectivity index (χ1n) is 14.9. The van der Waals surface area contributed by atoms with Gasteiger partial charge >= 0.3 is 18.5 Å². The summed E-state index contributed by atoms with van der Waals surface area (Å²) in [7, 11) is 0. The smallest absolute Gasteiger partial charge is 0.416 e. The van der Waals surface area contributed by atoms with Gasteiger partial charge in [-0.1, -0.05) is 36.4 Å². The molecule has 0 saturated carbocycles. The molecular formula is C37H22F9N2O2+. The average molecular weight is 698 g/mol. The normalized spacial score (nSPS) is 16.8. The lowest BCUT2D eigenvalue weighted by atomic mass is 9.78. The molecule has 2 aliphatic rings. The second-order valence-corrected chi connectivity index (χ2v) is 11.9. The molecule has 1 aromatic heterocycles. The van der Waals surface area contributed by atoms with Crippen LogP contribution in [0.5, 0.6) is 0 Å². The number of rotatable bonds is 3. The minimum absolute atomic E-state index is 0.0225. The maximum atomic E-state index is 14.1. The number of benzene rings is 4. The molecule has 0 bridgehead atoms. The highest BCUT2D eigenvalue weighted by Crippen LogP contribution is 2.49.